The molecule has 2 aromatic heterocycles. The average molecular weight is 349 g/mol. The van der Waals surface area contributed by atoms with E-state index in [1.54, 1.807) is 18.6 Å². The van der Waals surface area contributed by atoms with E-state index in [1.807, 2.05) is 41.2 Å². The number of likely N-dealkylation sites (tertiary alicyclic amines) is 1. The number of H-pyrrole nitrogens is 1. The van der Waals surface area contributed by atoms with E-state index < -0.39 is 0 Å². The van der Waals surface area contributed by atoms with Crippen LogP contribution in [0, 0.1) is 0 Å². The predicted octanol–water partition coefficient (Wildman–Crippen LogP) is 3.36. The number of hydrogen-bond donors (Lipinski definition) is 1. The van der Waals surface area contributed by atoms with Gasteiger partial charge in [-0.25, -0.2) is 4.98 Å². The molecule has 1 aliphatic heterocycles. The minimum absolute atomic E-state index is 0.0992. The maximum atomic E-state index is 13.3. The van der Waals surface area contributed by atoms with E-state index in [-0.39, 0.29) is 11.9 Å². The highest BCUT2D eigenvalue weighted by atomic mass is 16.2. The van der Waals surface area contributed by atoms with E-state index in [2.05, 4.69) is 20.0 Å². The predicted molar refractivity (Wildman–Crippen MR) is 99.5 cm³/mol. The van der Waals surface area contributed by atoms with Gasteiger partial charge in [0.05, 0.1) is 5.56 Å². The molecule has 6 heteroatoms. The Balaban J connectivity index is 1.56. The number of amides is 1. The molecule has 134 valence electrons. The van der Waals surface area contributed by atoms with Crippen LogP contribution in [0.4, 0.5) is 0 Å². The fraction of sp³-hybridized carbons (Fsp3) is 0.350. The summed E-state index contributed by atoms with van der Waals surface area (Å²) < 4.78 is 1.94. The normalized spacial score (nSPS) is 17.4. The number of imidazole rings is 1. The average Bonchev–Trinajstić information content (AvgIpc) is 3.40. The zero-order valence-corrected chi connectivity index (χ0v) is 14.7. The molecule has 0 saturated carbocycles. The SMILES string of the molecule is O=C(c1ccccc1-c1ncc[nH]1)N1CCCCC1CCn1cccn1. The number of aryl methyl sites for hydroxylation is 1. The highest BCUT2D eigenvalue weighted by molar-refractivity contribution is 6.00. The Morgan fingerprint density at radius 3 is 2.92 bits per heavy atom. The lowest BCUT2D eigenvalue weighted by Gasteiger charge is -2.36. The Labute approximate surface area is 152 Å². The lowest BCUT2D eigenvalue weighted by Crippen LogP contribution is -2.44. The van der Waals surface area contributed by atoms with Gasteiger partial charge in [0.2, 0.25) is 0 Å². The van der Waals surface area contributed by atoms with E-state index in [4.69, 9.17) is 0 Å². The molecule has 1 fully saturated rings. The van der Waals surface area contributed by atoms with Gasteiger partial charge in [0.1, 0.15) is 5.82 Å². The van der Waals surface area contributed by atoms with Crippen LogP contribution >= 0.6 is 0 Å². The first-order valence-corrected chi connectivity index (χ1v) is 9.20. The van der Waals surface area contributed by atoms with Crippen LogP contribution in [0.1, 0.15) is 36.0 Å². The Morgan fingerprint density at radius 1 is 1.19 bits per heavy atom. The third kappa shape index (κ3) is 3.40. The minimum atomic E-state index is 0.0992. The van der Waals surface area contributed by atoms with Crippen LogP contribution in [0.15, 0.2) is 55.1 Å². The first-order valence-electron chi connectivity index (χ1n) is 9.20. The molecular weight excluding hydrogens is 326 g/mol. The van der Waals surface area contributed by atoms with Crippen LogP contribution in [-0.4, -0.2) is 43.1 Å². The number of carbonyl (C=O) groups is 1. The number of nitrogens with zero attached hydrogens (tertiary/aromatic N) is 4. The van der Waals surface area contributed by atoms with Crippen molar-refractivity contribution in [3.8, 4) is 11.4 Å². The molecule has 0 aliphatic carbocycles. The molecule has 26 heavy (non-hydrogen) atoms. The number of hydrogen-bond acceptors (Lipinski definition) is 3. The van der Waals surface area contributed by atoms with Crippen LogP contribution in [0.5, 0.6) is 0 Å². The monoisotopic (exact) mass is 349 g/mol. The second kappa shape index (κ2) is 7.56. The summed E-state index contributed by atoms with van der Waals surface area (Å²) in [6.07, 6.45) is 11.5. The van der Waals surface area contributed by atoms with E-state index in [0.717, 1.165) is 43.7 Å². The fourth-order valence-corrected chi connectivity index (χ4v) is 3.73. The second-order valence-corrected chi connectivity index (χ2v) is 6.69. The molecule has 1 atom stereocenters. The number of aromatic nitrogens is 4. The van der Waals surface area contributed by atoms with Gasteiger partial charge in [0.15, 0.2) is 0 Å². The molecule has 1 aromatic carbocycles. The molecule has 1 unspecified atom stereocenters. The summed E-state index contributed by atoms with van der Waals surface area (Å²) in [7, 11) is 0. The first-order chi connectivity index (χ1) is 12.8. The third-order valence-electron chi connectivity index (χ3n) is 5.05. The van der Waals surface area contributed by atoms with Gasteiger partial charge in [0, 0.05) is 49.5 Å². The number of carbonyl (C=O) groups excluding carboxylic acids is 1. The van der Waals surface area contributed by atoms with Crippen molar-refractivity contribution in [2.45, 2.75) is 38.3 Å². The van der Waals surface area contributed by atoms with Gasteiger partial charge < -0.3 is 9.88 Å². The van der Waals surface area contributed by atoms with Gasteiger partial charge in [0.25, 0.3) is 5.91 Å². The maximum Gasteiger partial charge on any atom is 0.254 e. The molecule has 3 aromatic rings. The quantitative estimate of drug-likeness (QED) is 0.768. The van der Waals surface area contributed by atoms with Crippen LogP contribution in [0.2, 0.25) is 0 Å². The summed E-state index contributed by atoms with van der Waals surface area (Å²) in [4.78, 5) is 22.8. The first kappa shape index (κ1) is 16.6. The Hall–Kier alpha value is -2.89. The van der Waals surface area contributed by atoms with Gasteiger partial charge in [-0.2, -0.15) is 5.10 Å². The number of aromatic amines is 1. The van der Waals surface area contributed by atoms with E-state index in [0.29, 0.717) is 5.56 Å². The van der Waals surface area contributed by atoms with Crippen molar-refractivity contribution in [2.24, 2.45) is 0 Å². The molecule has 6 nitrogen and oxygen atoms in total. The highest BCUT2D eigenvalue weighted by Gasteiger charge is 2.29. The summed E-state index contributed by atoms with van der Waals surface area (Å²) in [6, 6.07) is 9.91. The van der Waals surface area contributed by atoms with Gasteiger partial charge in [-0.3, -0.25) is 9.48 Å². The number of piperidine rings is 1. The molecule has 3 heterocycles. The summed E-state index contributed by atoms with van der Waals surface area (Å²) in [5.74, 6) is 0.834. The number of benzene rings is 1. The molecule has 0 spiro atoms. The highest BCUT2D eigenvalue weighted by Crippen LogP contribution is 2.26. The molecule has 0 radical (unpaired) electrons. The largest absolute Gasteiger partial charge is 0.345 e. The smallest absolute Gasteiger partial charge is 0.254 e. The van der Waals surface area contributed by atoms with Crippen LogP contribution in [0.25, 0.3) is 11.4 Å². The van der Waals surface area contributed by atoms with E-state index >= 15 is 0 Å². The molecule has 1 aliphatic rings. The zero-order chi connectivity index (χ0) is 17.8. The van der Waals surface area contributed by atoms with Gasteiger partial charge in [-0.1, -0.05) is 18.2 Å². The van der Waals surface area contributed by atoms with Crippen LogP contribution in [-0.2, 0) is 6.54 Å². The maximum absolute atomic E-state index is 13.3. The van der Waals surface area contributed by atoms with Gasteiger partial charge in [-0.15, -0.1) is 0 Å². The lowest BCUT2D eigenvalue weighted by atomic mass is 9.97. The van der Waals surface area contributed by atoms with Crippen LogP contribution < -0.4 is 0 Å². The molecule has 1 saturated heterocycles. The molecule has 1 N–H and O–H groups in total. The second-order valence-electron chi connectivity index (χ2n) is 6.69. The Bertz CT molecular complexity index is 841. The van der Waals surface area contributed by atoms with Crippen molar-refractivity contribution >= 4 is 5.91 Å². The minimum Gasteiger partial charge on any atom is -0.345 e. The van der Waals surface area contributed by atoms with Crippen molar-refractivity contribution in [1.29, 1.82) is 0 Å². The summed E-state index contributed by atoms with van der Waals surface area (Å²) >= 11 is 0. The summed E-state index contributed by atoms with van der Waals surface area (Å²) in [5, 5.41) is 4.28. The fourth-order valence-electron chi connectivity index (χ4n) is 3.73. The third-order valence-corrected chi connectivity index (χ3v) is 5.05. The van der Waals surface area contributed by atoms with Crippen molar-refractivity contribution in [3.05, 3.63) is 60.7 Å². The Kier molecular flexibility index (Phi) is 4.82. The van der Waals surface area contributed by atoms with Crippen molar-refractivity contribution < 1.29 is 4.79 Å². The molecular formula is C20H23N5O. The van der Waals surface area contributed by atoms with Gasteiger partial charge in [-0.05, 0) is 37.8 Å². The summed E-state index contributed by atoms with van der Waals surface area (Å²) in [6.45, 7) is 1.65. The van der Waals surface area contributed by atoms with Crippen molar-refractivity contribution in [1.82, 2.24) is 24.6 Å². The van der Waals surface area contributed by atoms with Gasteiger partial charge >= 0.3 is 0 Å². The number of nitrogens with one attached hydrogen (secondary N) is 1. The zero-order valence-electron chi connectivity index (χ0n) is 14.7. The van der Waals surface area contributed by atoms with E-state index in [1.165, 1.54) is 6.42 Å². The molecule has 0 bridgehead atoms. The summed E-state index contributed by atoms with van der Waals surface area (Å²) in [5.41, 5.74) is 1.58. The molecule has 1 amide bonds. The molecule has 4 rings (SSSR count). The lowest BCUT2D eigenvalue weighted by molar-refractivity contribution is 0.0594. The van der Waals surface area contributed by atoms with Crippen molar-refractivity contribution in [3.63, 3.8) is 0 Å². The standard InChI is InChI=1S/C20H23N5O/c26-20(18-8-2-1-7-17(18)19-21-11-12-22-19)25-14-4-3-6-16(25)9-15-24-13-5-10-23-24/h1-2,5,7-8,10-13,16H,3-4,6,9,14-15H2,(H,21,22). The van der Waals surface area contributed by atoms with E-state index in [9.17, 15) is 4.79 Å². The van der Waals surface area contributed by atoms with Crippen LogP contribution in [0.3, 0.4) is 0 Å². The number of rotatable bonds is 5. The Morgan fingerprint density at radius 2 is 2.12 bits per heavy atom. The van der Waals surface area contributed by atoms with Crippen molar-refractivity contribution in [2.75, 3.05) is 6.54 Å². The topological polar surface area (TPSA) is 66.8 Å².